The maximum atomic E-state index is 13.1. The van der Waals surface area contributed by atoms with Crippen LogP contribution in [0.15, 0.2) is 36.5 Å². The second-order valence-corrected chi connectivity index (χ2v) is 16.1. The Balaban J connectivity index is 4.59. The summed E-state index contributed by atoms with van der Waals surface area (Å²) in [5.41, 5.74) is 0. The van der Waals surface area contributed by atoms with Gasteiger partial charge in [0.25, 0.3) is 0 Å². The van der Waals surface area contributed by atoms with Crippen molar-refractivity contribution in [1.29, 1.82) is 0 Å². The number of amides is 1. The van der Waals surface area contributed by atoms with Gasteiger partial charge in [0.15, 0.2) is 0 Å². The van der Waals surface area contributed by atoms with Crippen molar-refractivity contribution in [2.75, 3.05) is 6.61 Å². The second kappa shape index (κ2) is 43.2. The van der Waals surface area contributed by atoms with E-state index in [1.807, 2.05) is 0 Å². The number of ether oxygens (including phenoxy) is 1. The lowest BCUT2D eigenvalue weighted by Gasteiger charge is -2.24. The lowest BCUT2D eigenvalue weighted by molar-refractivity contribution is -0.151. The van der Waals surface area contributed by atoms with Crippen molar-refractivity contribution in [3.05, 3.63) is 36.5 Å². The minimum absolute atomic E-state index is 0.0716. The highest BCUT2D eigenvalue weighted by molar-refractivity contribution is 5.77. The highest BCUT2D eigenvalue weighted by atomic mass is 16.5. The van der Waals surface area contributed by atoms with Gasteiger partial charge in [0, 0.05) is 6.42 Å². The van der Waals surface area contributed by atoms with E-state index in [1.165, 1.54) is 109 Å². The molecule has 0 aliphatic rings. The SMILES string of the molecule is CC/C=C/C/C=C/C/C=C/CCCCCCC(=O)OC(CCCCCCCCCCCCC)CC(=O)NC(CO)C(O)CCCCCCCCCCCCC. The van der Waals surface area contributed by atoms with Crippen LogP contribution in [0.3, 0.4) is 0 Å². The summed E-state index contributed by atoms with van der Waals surface area (Å²) in [4.78, 5) is 26.0. The predicted molar refractivity (Wildman–Crippen MR) is 236 cm³/mol. The number of carbonyl (C=O) groups excluding carboxylic acids is 2. The molecule has 1 amide bonds. The minimum atomic E-state index is -0.787. The van der Waals surface area contributed by atoms with Crippen LogP contribution < -0.4 is 5.32 Å². The summed E-state index contributed by atoms with van der Waals surface area (Å²) in [6.07, 6.45) is 49.1. The molecule has 3 atom stereocenters. The molecular formula is C49H91NO5. The molecule has 0 aliphatic carbocycles. The molecule has 3 unspecified atom stereocenters. The number of carbonyl (C=O) groups is 2. The molecule has 0 saturated heterocycles. The maximum absolute atomic E-state index is 13.1. The van der Waals surface area contributed by atoms with Gasteiger partial charge in [-0.2, -0.15) is 0 Å². The van der Waals surface area contributed by atoms with Crippen LogP contribution in [0.5, 0.6) is 0 Å². The van der Waals surface area contributed by atoms with Crippen LogP contribution in [-0.2, 0) is 14.3 Å². The highest BCUT2D eigenvalue weighted by Gasteiger charge is 2.24. The number of nitrogens with one attached hydrogen (secondary N) is 1. The number of aliphatic hydroxyl groups excluding tert-OH is 2. The molecule has 322 valence electrons. The van der Waals surface area contributed by atoms with Crippen molar-refractivity contribution in [2.45, 2.75) is 257 Å². The number of allylic oxidation sites excluding steroid dienone is 6. The molecule has 0 saturated carbocycles. The second-order valence-electron chi connectivity index (χ2n) is 16.1. The largest absolute Gasteiger partial charge is 0.462 e. The molecular weight excluding hydrogens is 683 g/mol. The fourth-order valence-electron chi connectivity index (χ4n) is 7.15. The lowest BCUT2D eigenvalue weighted by Crippen LogP contribution is -2.46. The monoisotopic (exact) mass is 774 g/mol. The highest BCUT2D eigenvalue weighted by Crippen LogP contribution is 2.18. The molecule has 6 heteroatoms. The van der Waals surface area contributed by atoms with E-state index in [4.69, 9.17) is 4.74 Å². The summed E-state index contributed by atoms with van der Waals surface area (Å²) in [7, 11) is 0. The van der Waals surface area contributed by atoms with Crippen LogP contribution in [0.2, 0.25) is 0 Å². The van der Waals surface area contributed by atoms with Crippen LogP contribution in [0, 0.1) is 0 Å². The van der Waals surface area contributed by atoms with E-state index < -0.39 is 18.2 Å². The van der Waals surface area contributed by atoms with Crippen molar-refractivity contribution < 1.29 is 24.5 Å². The third-order valence-electron chi connectivity index (χ3n) is 10.7. The standard InChI is InChI=1S/C49H91NO5/c1-4-7-10-13-16-19-22-23-24-27-30-33-36-39-42-49(54)55-45(40-37-34-31-28-25-20-17-14-11-8-5-2)43-48(53)50-46(44-51)47(52)41-38-35-32-29-26-21-18-15-12-9-6-3/h7,10,16,19,23-24,45-47,51-52H,4-6,8-9,11-15,17-18,20-22,25-44H2,1-3H3,(H,50,53)/b10-7+,19-16+,24-23+. The number of hydrogen-bond acceptors (Lipinski definition) is 5. The third-order valence-corrected chi connectivity index (χ3v) is 10.7. The molecule has 0 bridgehead atoms. The average Bonchev–Trinajstić information content (AvgIpc) is 3.18. The molecule has 0 spiro atoms. The van der Waals surface area contributed by atoms with Gasteiger partial charge in [0.2, 0.25) is 5.91 Å². The normalized spacial score (nSPS) is 13.6. The lowest BCUT2D eigenvalue weighted by atomic mass is 10.0. The van der Waals surface area contributed by atoms with E-state index in [1.54, 1.807) is 0 Å². The summed E-state index contributed by atoms with van der Waals surface area (Å²) in [6, 6.07) is -0.701. The Morgan fingerprint density at radius 2 is 0.982 bits per heavy atom. The van der Waals surface area contributed by atoms with Gasteiger partial charge in [-0.25, -0.2) is 0 Å². The van der Waals surface area contributed by atoms with Crippen molar-refractivity contribution >= 4 is 11.9 Å². The number of unbranched alkanes of at least 4 members (excludes halogenated alkanes) is 24. The van der Waals surface area contributed by atoms with Gasteiger partial charge in [-0.05, 0) is 57.8 Å². The zero-order valence-electron chi connectivity index (χ0n) is 36.6. The number of esters is 1. The molecule has 0 rings (SSSR count). The van der Waals surface area contributed by atoms with Gasteiger partial charge in [-0.3, -0.25) is 9.59 Å². The molecule has 0 aliphatic heterocycles. The first-order valence-electron chi connectivity index (χ1n) is 23.7. The Morgan fingerprint density at radius 3 is 1.49 bits per heavy atom. The molecule has 0 aromatic rings. The number of rotatable bonds is 42. The van der Waals surface area contributed by atoms with Crippen LogP contribution in [0.1, 0.15) is 239 Å². The van der Waals surface area contributed by atoms with E-state index in [0.717, 1.165) is 83.5 Å². The average molecular weight is 774 g/mol. The molecule has 0 aromatic carbocycles. The van der Waals surface area contributed by atoms with E-state index in [-0.39, 0.29) is 24.9 Å². The molecule has 6 nitrogen and oxygen atoms in total. The fraction of sp³-hybridized carbons (Fsp3) is 0.837. The molecule has 3 N–H and O–H groups in total. The number of hydrogen-bond donors (Lipinski definition) is 3. The van der Waals surface area contributed by atoms with Crippen molar-refractivity contribution in [3.8, 4) is 0 Å². The molecule has 0 radical (unpaired) electrons. The van der Waals surface area contributed by atoms with Gasteiger partial charge >= 0.3 is 5.97 Å². The first-order chi connectivity index (χ1) is 27.0. The summed E-state index contributed by atoms with van der Waals surface area (Å²) >= 11 is 0. The Morgan fingerprint density at radius 1 is 0.545 bits per heavy atom. The van der Waals surface area contributed by atoms with E-state index in [9.17, 15) is 19.8 Å². The van der Waals surface area contributed by atoms with Crippen LogP contribution in [0.4, 0.5) is 0 Å². The number of aliphatic hydroxyl groups is 2. The summed E-state index contributed by atoms with van der Waals surface area (Å²) in [6.45, 7) is 6.35. The quantitative estimate of drug-likeness (QED) is 0.0326. The predicted octanol–water partition coefficient (Wildman–Crippen LogP) is 13.7. The zero-order chi connectivity index (χ0) is 40.3. The molecule has 0 heterocycles. The Bertz CT molecular complexity index is 915. The third kappa shape index (κ3) is 38.7. The van der Waals surface area contributed by atoms with Crippen LogP contribution in [0.25, 0.3) is 0 Å². The van der Waals surface area contributed by atoms with Crippen LogP contribution in [-0.4, -0.2) is 46.9 Å². The van der Waals surface area contributed by atoms with Crippen molar-refractivity contribution in [2.24, 2.45) is 0 Å². The molecule has 55 heavy (non-hydrogen) atoms. The van der Waals surface area contributed by atoms with Crippen molar-refractivity contribution in [1.82, 2.24) is 5.32 Å². The van der Waals surface area contributed by atoms with E-state index >= 15 is 0 Å². The summed E-state index contributed by atoms with van der Waals surface area (Å²) in [5.74, 6) is -0.494. The molecule has 0 fully saturated rings. The van der Waals surface area contributed by atoms with E-state index in [2.05, 4.69) is 62.5 Å². The Kier molecular flexibility index (Phi) is 41.7. The van der Waals surface area contributed by atoms with Gasteiger partial charge in [-0.15, -0.1) is 0 Å². The smallest absolute Gasteiger partial charge is 0.306 e. The van der Waals surface area contributed by atoms with Gasteiger partial charge in [0.1, 0.15) is 6.10 Å². The Labute approximate surface area is 341 Å². The van der Waals surface area contributed by atoms with Crippen LogP contribution >= 0.6 is 0 Å². The van der Waals surface area contributed by atoms with Gasteiger partial charge < -0.3 is 20.3 Å². The topological polar surface area (TPSA) is 95.9 Å². The Hall–Kier alpha value is -1.92. The van der Waals surface area contributed by atoms with Crippen molar-refractivity contribution in [3.63, 3.8) is 0 Å². The zero-order valence-corrected chi connectivity index (χ0v) is 36.6. The fourth-order valence-corrected chi connectivity index (χ4v) is 7.15. The first-order valence-corrected chi connectivity index (χ1v) is 23.7. The minimum Gasteiger partial charge on any atom is -0.462 e. The first kappa shape index (κ1) is 53.1. The maximum Gasteiger partial charge on any atom is 0.306 e. The summed E-state index contributed by atoms with van der Waals surface area (Å²) in [5, 5.41) is 23.6. The van der Waals surface area contributed by atoms with Gasteiger partial charge in [0.05, 0.1) is 25.2 Å². The molecule has 0 aromatic heterocycles. The van der Waals surface area contributed by atoms with E-state index in [0.29, 0.717) is 19.3 Å². The summed E-state index contributed by atoms with van der Waals surface area (Å²) < 4.78 is 5.90. The van der Waals surface area contributed by atoms with Gasteiger partial charge in [-0.1, -0.05) is 205 Å².